The van der Waals surface area contributed by atoms with E-state index in [4.69, 9.17) is 4.74 Å². The van der Waals surface area contributed by atoms with Gasteiger partial charge < -0.3 is 10.1 Å². The van der Waals surface area contributed by atoms with Crippen molar-refractivity contribution in [2.75, 3.05) is 7.11 Å². The zero-order valence-electron chi connectivity index (χ0n) is 11.7. The molecule has 4 nitrogen and oxygen atoms in total. The largest absolute Gasteiger partial charge is 0.469 e. The van der Waals surface area contributed by atoms with Crippen LogP contribution in [-0.4, -0.2) is 25.0 Å². The van der Waals surface area contributed by atoms with Crippen LogP contribution in [0.4, 0.5) is 0 Å². The topological polar surface area (TPSA) is 55.4 Å². The number of amides is 1. The van der Waals surface area contributed by atoms with Crippen molar-refractivity contribution >= 4 is 11.9 Å². The Labute approximate surface area is 109 Å². The molecule has 0 radical (unpaired) electrons. The Morgan fingerprint density at radius 1 is 1.39 bits per heavy atom. The average Bonchev–Trinajstić information content (AvgIpc) is 2.82. The van der Waals surface area contributed by atoms with Crippen LogP contribution in [0.2, 0.25) is 0 Å². The van der Waals surface area contributed by atoms with Crippen LogP contribution < -0.4 is 5.32 Å². The summed E-state index contributed by atoms with van der Waals surface area (Å²) in [5, 5.41) is 3.01. The smallest absolute Gasteiger partial charge is 0.310 e. The van der Waals surface area contributed by atoms with E-state index in [-0.39, 0.29) is 29.8 Å². The zero-order chi connectivity index (χ0) is 13.5. The second-order valence-electron chi connectivity index (χ2n) is 5.22. The van der Waals surface area contributed by atoms with Gasteiger partial charge in [-0.1, -0.05) is 33.1 Å². The van der Waals surface area contributed by atoms with Crippen molar-refractivity contribution in [3.8, 4) is 0 Å². The number of nitrogens with one attached hydrogen (secondary N) is 1. The second kappa shape index (κ2) is 7.39. The summed E-state index contributed by atoms with van der Waals surface area (Å²) in [7, 11) is 1.41. The summed E-state index contributed by atoms with van der Waals surface area (Å²) >= 11 is 0. The van der Waals surface area contributed by atoms with Crippen LogP contribution in [-0.2, 0) is 14.3 Å². The minimum absolute atomic E-state index is 0.0313. The van der Waals surface area contributed by atoms with Gasteiger partial charge in [0.05, 0.1) is 13.0 Å². The molecule has 1 aliphatic rings. The van der Waals surface area contributed by atoms with Crippen LogP contribution in [0, 0.1) is 11.8 Å². The number of ether oxygens (including phenoxy) is 1. The van der Waals surface area contributed by atoms with Gasteiger partial charge in [-0.05, 0) is 19.3 Å². The van der Waals surface area contributed by atoms with Gasteiger partial charge in [0.1, 0.15) is 0 Å². The molecule has 0 aromatic carbocycles. The molecule has 1 N–H and O–H groups in total. The SMILES string of the molecule is CCCC[C@H](C)C(=O)N[C@H]1CCC[C@H]1C(=O)OC. The van der Waals surface area contributed by atoms with E-state index in [1.165, 1.54) is 7.11 Å². The minimum Gasteiger partial charge on any atom is -0.469 e. The fraction of sp³-hybridized carbons (Fsp3) is 0.857. The van der Waals surface area contributed by atoms with Gasteiger partial charge in [0.25, 0.3) is 0 Å². The lowest BCUT2D eigenvalue weighted by Crippen LogP contribution is -2.42. The average molecular weight is 255 g/mol. The van der Waals surface area contributed by atoms with Gasteiger partial charge in [0, 0.05) is 12.0 Å². The Morgan fingerprint density at radius 2 is 2.11 bits per heavy atom. The maximum Gasteiger partial charge on any atom is 0.310 e. The molecule has 0 heterocycles. The van der Waals surface area contributed by atoms with Gasteiger partial charge in [0.15, 0.2) is 0 Å². The molecular formula is C14H25NO3. The molecule has 0 aromatic heterocycles. The molecule has 3 atom stereocenters. The van der Waals surface area contributed by atoms with E-state index in [2.05, 4.69) is 12.2 Å². The minimum atomic E-state index is -0.195. The molecule has 18 heavy (non-hydrogen) atoms. The van der Waals surface area contributed by atoms with Crippen LogP contribution in [0.15, 0.2) is 0 Å². The summed E-state index contributed by atoms with van der Waals surface area (Å²) in [6.45, 7) is 4.07. The van der Waals surface area contributed by atoms with Crippen LogP contribution in [0.1, 0.15) is 52.4 Å². The lowest BCUT2D eigenvalue weighted by molar-refractivity contribution is -0.146. The first kappa shape index (κ1) is 15.0. The third kappa shape index (κ3) is 4.00. The summed E-state index contributed by atoms with van der Waals surface area (Å²) in [4.78, 5) is 23.6. The lowest BCUT2D eigenvalue weighted by Gasteiger charge is -2.21. The molecule has 1 amide bonds. The van der Waals surface area contributed by atoms with Gasteiger partial charge in [-0.2, -0.15) is 0 Å². The third-order valence-corrected chi connectivity index (χ3v) is 3.79. The number of carbonyl (C=O) groups is 2. The number of carbonyl (C=O) groups excluding carboxylic acids is 2. The van der Waals surface area contributed by atoms with E-state index in [0.717, 1.165) is 38.5 Å². The summed E-state index contributed by atoms with van der Waals surface area (Å²) < 4.78 is 4.78. The number of esters is 1. The molecule has 4 heteroatoms. The monoisotopic (exact) mass is 255 g/mol. The van der Waals surface area contributed by atoms with Crippen molar-refractivity contribution in [2.24, 2.45) is 11.8 Å². The highest BCUT2D eigenvalue weighted by Gasteiger charge is 2.35. The molecule has 1 aliphatic carbocycles. The zero-order valence-corrected chi connectivity index (χ0v) is 11.7. The van der Waals surface area contributed by atoms with Crippen LogP contribution in [0.5, 0.6) is 0 Å². The van der Waals surface area contributed by atoms with E-state index in [9.17, 15) is 9.59 Å². The molecule has 0 spiro atoms. The summed E-state index contributed by atoms with van der Waals surface area (Å²) in [6, 6.07) is -0.0333. The van der Waals surface area contributed by atoms with E-state index in [1.54, 1.807) is 0 Å². The normalized spacial score (nSPS) is 24.6. The van der Waals surface area contributed by atoms with Gasteiger partial charge in [0.2, 0.25) is 5.91 Å². The van der Waals surface area contributed by atoms with E-state index in [1.807, 2.05) is 6.92 Å². The molecular weight excluding hydrogens is 230 g/mol. The first-order chi connectivity index (χ1) is 8.60. The quantitative estimate of drug-likeness (QED) is 0.741. The molecule has 1 rings (SSSR count). The highest BCUT2D eigenvalue weighted by molar-refractivity contribution is 5.80. The molecule has 1 saturated carbocycles. The van der Waals surface area contributed by atoms with Crippen molar-refractivity contribution in [1.82, 2.24) is 5.32 Å². The predicted molar refractivity (Wildman–Crippen MR) is 70.0 cm³/mol. The summed E-state index contributed by atoms with van der Waals surface area (Å²) in [5.74, 6) is -0.246. The predicted octanol–water partition coefficient (Wildman–Crippen LogP) is 2.27. The van der Waals surface area contributed by atoms with Gasteiger partial charge >= 0.3 is 5.97 Å². The van der Waals surface area contributed by atoms with Gasteiger partial charge in [-0.15, -0.1) is 0 Å². The maximum absolute atomic E-state index is 12.0. The second-order valence-corrected chi connectivity index (χ2v) is 5.22. The fourth-order valence-corrected chi connectivity index (χ4v) is 2.53. The summed E-state index contributed by atoms with van der Waals surface area (Å²) in [6.07, 6.45) is 5.77. The van der Waals surface area contributed by atoms with Crippen molar-refractivity contribution in [1.29, 1.82) is 0 Å². The molecule has 0 bridgehead atoms. The number of unbranched alkanes of at least 4 members (excludes halogenated alkanes) is 1. The highest BCUT2D eigenvalue weighted by atomic mass is 16.5. The van der Waals surface area contributed by atoms with Crippen molar-refractivity contribution in [3.05, 3.63) is 0 Å². The molecule has 0 saturated heterocycles. The number of methoxy groups -OCH3 is 1. The Bertz CT molecular complexity index is 291. The Balaban J connectivity index is 2.45. The third-order valence-electron chi connectivity index (χ3n) is 3.79. The van der Waals surface area contributed by atoms with Crippen molar-refractivity contribution < 1.29 is 14.3 Å². The van der Waals surface area contributed by atoms with Gasteiger partial charge in [-0.3, -0.25) is 9.59 Å². The van der Waals surface area contributed by atoms with Crippen molar-refractivity contribution in [3.63, 3.8) is 0 Å². The Kier molecular flexibility index (Phi) is 6.16. The molecule has 0 unspecified atom stereocenters. The van der Waals surface area contributed by atoms with Gasteiger partial charge in [-0.25, -0.2) is 0 Å². The highest BCUT2D eigenvalue weighted by Crippen LogP contribution is 2.27. The Morgan fingerprint density at radius 3 is 2.72 bits per heavy atom. The standard InChI is InChI=1S/C14H25NO3/c1-4-5-7-10(2)13(16)15-12-9-6-8-11(12)14(17)18-3/h10-12H,4-9H2,1-3H3,(H,15,16)/t10-,11+,12-/m0/s1. The van der Waals surface area contributed by atoms with Crippen LogP contribution >= 0.6 is 0 Å². The number of rotatable bonds is 6. The van der Waals surface area contributed by atoms with Crippen LogP contribution in [0.3, 0.4) is 0 Å². The van der Waals surface area contributed by atoms with Crippen LogP contribution in [0.25, 0.3) is 0 Å². The first-order valence-corrected chi connectivity index (χ1v) is 6.98. The van der Waals surface area contributed by atoms with Crippen molar-refractivity contribution in [2.45, 2.75) is 58.4 Å². The van der Waals surface area contributed by atoms with E-state index < -0.39 is 0 Å². The molecule has 0 aliphatic heterocycles. The molecule has 104 valence electrons. The molecule has 0 aromatic rings. The number of hydrogen-bond donors (Lipinski definition) is 1. The maximum atomic E-state index is 12.0. The first-order valence-electron chi connectivity index (χ1n) is 6.98. The van der Waals surface area contributed by atoms with E-state index >= 15 is 0 Å². The lowest BCUT2D eigenvalue weighted by atomic mass is 10.0. The number of hydrogen-bond acceptors (Lipinski definition) is 3. The fourth-order valence-electron chi connectivity index (χ4n) is 2.53. The Hall–Kier alpha value is -1.06. The summed E-state index contributed by atoms with van der Waals surface area (Å²) in [5.41, 5.74) is 0. The molecule has 1 fully saturated rings. The van der Waals surface area contributed by atoms with E-state index in [0.29, 0.717) is 0 Å².